The lowest BCUT2D eigenvalue weighted by atomic mass is 9.93. The molecule has 0 saturated heterocycles. The van der Waals surface area contributed by atoms with Gasteiger partial charge in [0.25, 0.3) is 0 Å². The minimum absolute atomic E-state index is 0.834. The summed E-state index contributed by atoms with van der Waals surface area (Å²) in [5.41, 5.74) is 27.2. The summed E-state index contributed by atoms with van der Waals surface area (Å²) in [6.07, 6.45) is 0. The molecule has 22 rings (SSSR count). The Kier molecular flexibility index (Phi) is 14.8. The van der Waals surface area contributed by atoms with Crippen molar-refractivity contribution in [1.82, 2.24) is 0 Å². The Morgan fingerprint density at radius 2 is 0.582 bits per heavy atom. The van der Waals surface area contributed by atoms with Crippen molar-refractivity contribution in [2.24, 2.45) is 0 Å². The van der Waals surface area contributed by atoms with Crippen LogP contribution in [0.3, 0.4) is 0 Å². The van der Waals surface area contributed by atoms with E-state index < -0.39 is 0 Å². The molecule has 0 saturated carbocycles. The standard InChI is InChI=1S/C104H64N2O3S/c1-2-18-65(19-3-1)66-40-50-77(51-41-66)105(81-26-13-24-74(61-81)84-32-15-36-94-99(84)90-58-48-68-20-4-6-28-86(68)103(90)108-94)80-56-46-71(47-57-80)92-63-76(64-96-101(92)88-30-8-10-35-93(88)107-96)73-23-12-22-72(60-73)67-42-52-78(53-43-67)106(79-54-44-70(45-55-79)83-34-17-39-98-102(83)89-31-9-11-38-97(89)110-98)82-27-14-25-75(62-82)85-33-16-37-95-100(85)91-59-49-69-21-5-7-29-87(69)104(91)109-95/h1-64H. The molecule has 0 unspecified atom stereocenters. The van der Waals surface area contributed by atoms with Crippen LogP contribution in [-0.2, 0) is 0 Å². The van der Waals surface area contributed by atoms with E-state index in [1.165, 1.54) is 36.9 Å². The molecule has 0 fully saturated rings. The van der Waals surface area contributed by atoms with Gasteiger partial charge in [-0.05, 0) is 222 Å². The van der Waals surface area contributed by atoms with E-state index in [0.717, 1.165) is 183 Å². The van der Waals surface area contributed by atoms with Gasteiger partial charge >= 0.3 is 0 Å². The molecule has 18 aromatic carbocycles. The molecule has 6 heteroatoms. The molecule has 0 amide bonds. The van der Waals surface area contributed by atoms with Crippen LogP contribution in [0.25, 0.3) is 185 Å². The molecule has 514 valence electrons. The Morgan fingerprint density at radius 1 is 0.182 bits per heavy atom. The van der Waals surface area contributed by atoms with Gasteiger partial charge in [-0.25, -0.2) is 0 Å². The average Bonchev–Trinajstić information content (AvgIpc) is 1.59. The second-order valence-electron chi connectivity index (χ2n) is 28.6. The lowest BCUT2D eigenvalue weighted by Crippen LogP contribution is -2.10. The first kappa shape index (κ1) is 63.0. The van der Waals surface area contributed by atoms with Crippen molar-refractivity contribution in [3.8, 4) is 77.9 Å². The van der Waals surface area contributed by atoms with E-state index in [1.807, 2.05) is 11.3 Å². The molecule has 0 spiro atoms. The monoisotopic (exact) mass is 1420 g/mol. The van der Waals surface area contributed by atoms with Crippen LogP contribution in [0.5, 0.6) is 0 Å². The number of para-hydroxylation sites is 1. The van der Waals surface area contributed by atoms with Crippen LogP contribution < -0.4 is 9.80 Å². The van der Waals surface area contributed by atoms with Crippen LogP contribution >= 0.6 is 11.3 Å². The van der Waals surface area contributed by atoms with Crippen molar-refractivity contribution in [2.75, 3.05) is 9.80 Å². The molecule has 4 heterocycles. The maximum Gasteiger partial charge on any atom is 0.143 e. The molecule has 110 heavy (non-hydrogen) atoms. The first-order valence-electron chi connectivity index (χ1n) is 37.4. The zero-order valence-corrected chi connectivity index (χ0v) is 60.3. The Hall–Kier alpha value is -14.3. The highest BCUT2D eigenvalue weighted by atomic mass is 32.1. The van der Waals surface area contributed by atoms with Crippen LogP contribution in [0.4, 0.5) is 34.1 Å². The van der Waals surface area contributed by atoms with E-state index in [4.69, 9.17) is 13.3 Å². The summed E-state index contributed by atoms with van der Waals surface area (Å²) in [6, 6.07) is 141. The van der Waals surface area contributed by atoms with E-state index >= 15 is 0 Å². The van der Waals surface area contributed by atoms with Crippen LogP contribution in [0, 0.1) is 0 Å². The molecular formula is C104H64N2O3S. The molecular weight excluding hydrogens is 1360 g/mol. The number of hydrogen-bond acceptors (Lipinski definition) is 6. The number of rotatable bonds is 13. The summed E-state index contributed by atoms with van der Waals surface area (Å²) in [5.74, 6) is 0. The molecule has 4 aromatic heterocycles. The fraction of sp³-hybridized carbons (Fsp3) is 0. The topological polar surface area (TPSA) is 45.9 Å². The molecule has 5 nitrogen and oxygen atoms in total. The van der Waals surface area contributed by atoms with Crippen LogP contribution in [0.2, 0.25) is 0 Å². The second-order valence-corrected chi connectivity index (χ2v) is 29.6. The number of fused-ring (bicyclic) bond motifs is 16. The number of thiophene rings is 1. The summed E-state index contributed by atoms with van der Waals surface area (Å²) in [6.45, 7) is 0. The first-order valence-corrected chi connectivity index (χ1v) is 38.2. The van der Waals surface area contributed by atoms with Gasteiger partial charge in [-0.2, -0.15) is 0 Å². The Labute approximate surface area is 637 Å². The van der Waals surface area contributed by atoms with E-state index in [-0.39, 0.29) is 0 Å². The summed E-state index contributed by atoms with van der Waals surface area (Å²) in [4.78, 5) is 4.76. The largest absolute Gasteiger partial charge is 0.456 e. The van der Waals surface area contributed by atoms with Crippen molar-refractivity contribution >= 4 is 153 Å². The highest BCUT2D eigenvalue weighted by Crippen LogP contribution is 2.49. The van der Waals surface area contributed by atoms with Gasteiger partial charge in [-0.15, -0.1) is 11.3 Å². The van der Waals surface area contributed by atoms with Gasteiger partial charge in [-0.3, -0.25) is 0 Å². The quantitative estimate of drug-likeness (QED) is 0.115. The number of benzene rings is 18. The van der Waals surface area contributed by atoms with Gasteiger partial charge in [-0.1, -0.05) is 255 Å². The molecule has 0 N–H and O–H groups in total. The molecule has 0 aliphatic carbocycles. The lowest BCUT2D eigenvalue weighted by molar-refractivity contribution is 0.669. The zero-order chi connectivity index (χ0) is 72.3. The first-order chi connectivity index (χ1) is 54.5. The predicted octanol–water partition coefficient (Wildman–Crippen LogP) is 30.7. The predicted molar refractivity (Wildman–Crippen MR) is 464 cm³/mol. The van der Waals surface area contributed by atoms with Crippen LogP contribution in [0.1, 0.15) is 0 Å². The zero-order valence-electron chi connectivity index (χ0n) is 59.5. The fourth-order valence-corrected chi connectivity index (χ4v) is 18.2. The molecule has 0 aliphatic heterocycles. The highest BCUT2D eigenvalue weighted by Gasteiger charge is 2.24. The SMILES string of the molecule is c1ccc(-c2ccc(N(c3ccc(-c4cc(-c5cccc(-c6ccc(N(c7ccc(-c8cccc9sc%10ccccc%10c89)cc7)c7cccc(-c8cccc9oc%10c%11ccccc%11ccc%10c89)c7)cc6)c5)cc5oc6ccccc6c45)cc3)c3cccc(-c4cccc5oc6c7ccccc7ccc6c45)c3)cc2)cc1. The van der Waals surface area contributed by atoms with E-state index in [0.29, 0.717) is 0 Å². The van der Waals surface area contributed by atoms with Crippen molar-refractivity contribution in [3.63, 3.8) is 0 Å². The Morgan fingerprint density at radius 3 is 1.16 bits per heavy atom. The fourth-order valence-electron chi connectivity index (χ4n) is 17.1. The Balaban J connectivity index is 0.625. The van der Waals surface area contributed by atoms with Crippen molar-refractivity contribution in [3.05, 3.63) is 388 Å². The number of nitrogens with zero attached hydrogens (tertiary/aromatic N) is 2. The minimum atomic E-state index is 0.834. The minimum Gasteiger partial charge on any atom is -0.456 e. The average molecular weight is 1420 g/mol. The normalized spacial score (nSPS) is 11.8. The molecule has 22 aromatic rings. The third-order valence-corrected chi connectivity index (χ3v) is 23.4. The van der Waals surface area contributed by atoms with E-state index in [1.54, 1.807) is 0 Å². The van der Waals surface area contributed by atoms with Gasteiger partial charge in [0.1, 0.15) is 33.5 Å². The number of furan rings is 3. The van der Waals surface area contributed by atoms with Crippen LogP contribution in [-0.4, -0.2) is 0 Å². The maximum absolute atomic E-state index is 6.85. The smallest absolute Gasteiger partial charge is 0.143 e. The van der Waals surface area contributed by atoms with Crippen molar-refractivity contribution in [2.45, 2.75) is 0 Å². The van der Waals surface area contributed by atoms with Gasteiger partial charge in [0, 0.05) is 97.4 Å². The van der Waals surface area contributed by atoms with Crippen molar-refractivity contribution in [1.29, 1.82) is 0 Å². The van der Waals surface area contributed by atoms with E-state index in [2.05, 4.69) is 398 Å². The molecule has 0 aliphatic rings. The van der Waals surface area contributed by atoms with Gasteiger partial charge < -0.3 is 23.1 Å². The van der Waals surface area contributed by atoms with Crippen LogP contribution in [0.15, 0.2) is 401 Å². The summed E-state index contributed by atoms with van der Waals surface area (Å²) >= 11 is 1.85. The van der Waals surface area contributed by atoms with Gasteiger partial charge in [0.05, 0.1) is 0 Å². The molecule has 0 radical (unpaired) electrons. The highest BCUT2D eigenvalue weighted by molar-refractivity contribution is 7.26. The van der Waals surface area contributed by atoms with Gasteiger partial charge in [0.15, 0.2) is 0 Å². The number of anilines is 6. The summed E-state index contributed by atoms with van der Waals surface area (Å²) in [7, 11) is 0. The number of hydrogen-bond donors (Lipinski definition) is 0. The lowest BCUT2D eigenvalue weighted by Gasteiger charge is -2.26. The third kappa shape index (κ3) is 10.6. The molecule has 0 atom stereocenters. The molecule has 0 bridgehead atoms. The summed E-state index contributed by atoms with van der Waals surface area (Å²) in [5, 5.41) is 13.7. The second kappa shape index (κ2) is 25.7. The van der Waals surface area contributed by atoms with E-state index in [9.17, 15) is 0 Å². The van der Waals surface area contributed by atoms with Crippen molar-refractivity contribution < 1.29 is 13.3 Å². The maximum atomic E-state index is 6.85. The summed E-state index contributed by atoms with van der Waals surface area (Å²) < 4.78 is 22.9. The Bertz CT molecular complexity index is 7390. The third-order valence-electron chi connectivity index (χ3n) is 22.2. The van der Waals surface area contributed by atoms with Gasteiger partial charge in [0.2, 0.25) is 0 Å².